The molecule has 17 heavy (non-hydrogen) atoms. The first kappa shape index (κ1) is 13.3. The second-order valence-electron chi connectivity index (χ2n) is 3.60. The molecular weight excluding hydrogens is 221 g/mol. The summed E-state index contributed by atoms with van der Waals surface area (Å²) in [4.78, 5) is 4.10. The van der Waals surface area contributed by atoms with Crippen molar-refractivity contribution in [3.63, 3.8) is 0 Å². The third-order valence-electron chi connectivity index (χ3n) is 2.20. The van der Waals surface area contributed by atoms with E-state index in [-0.39, 0.29) is 11.6 Å². The molecule has 0 saturated heterocycles. The molecule has 0 saturated carbocycles. The Morgan fingerprint density at radius 1 is 1.53 bits per heavy atom. The van der Waals surface area contributed by atoms with Crippen molar-refractivity contribution in [2.45, 2.75) is 19.9 Å². The molecule has 1 aromatic carbocycles. The molecule has 0 aliphatic rings. The first-order valence-corrected chi connectivity index (χ1v) is 5.53. The lowest BCUT2D eigenvalue weighted by atomic mass is 10.2. The fourth-order valence-electron chi connectivity index (χ4n) is 1.29. The number of halogens is 1. The van der Waals surface area contributed by atoms with E-state index in [4.69, 9.17) is 10.5 Å². The van der Waals surface area contributed by atoms with Crippen molar-refractivity contribution in [3.05, 3.63) is 29.6 Å². The van der Waals surface area contributed by atoms with E-state index in [0.29, 0.717) is 12.5 Å². The number of rotatable bonds is 5. The minimum Gasteiger partial charge on any atom is -0.494 e. The monoisotopic (exact) mass is 239 g/mol. The van der Waals surface area contributed by atoms with Gasteiger partial charge in [0.05, 0.1) is 13.7 Å². The van der Waals surface area contributed by atoms with Gasteiger partial charge in [-0.05, 0) is 24.1 Å². The first-order chi connectivity index (χ1) is 8.17. The SMILES string of the molecule is CCCNC(N)=NCc1ccc(OC)c(F)c1. The van der Waals surface area contributed by atoms with E-state index < -0.39 is 0 Å². The Balaban J connectivity index is 2.60. The molecule has 1 rings (SSSR count). The average Bonchev–Trinajstić information content (AvgIpc) is 2.34. The van der Waals surface area contributed by atoms with Crippen molar-refractivity contribution in [1.29, 1.82) is 0 Å². The molecule has 0 heterocycles. The number of hydrogen-bond donors (Lipinski definition) is 2. The van der Waals surface area contributed by atoms with Crippen molar-refractivity contribution < 1.29 is 9.13 Å². The van der Waals surface area contributed by atoms with Crippen LogP contribution in [0.5, 0.6) is 5.75 Å². The number of ether oxygens (including phenoxy) is 1. The summed E-state index contributed by atoms with van der Waals surface area (Å²) < 4.78 is 18.2. The Morgan fingerprint density at radius 2 is 2.29 bits per heavy atom. The van der Waals surface area contributed by atoms with Crippen LogP contribution in [0.4, 0.5) is 4.39 Å². The summed E-state index contributed by atoms with van der Waals surface area (Å²) in [5.74, 6) is 0.221. The standard InChI is InChI=1S/C12H18FN3O/c1-3-6-15-12(14)16-8-9-4-5-11(17-2)10(13)7-9/h4-5,7H,3,6,8H2,1-2H3,(H3,14,15,16). The Morgan fingerprint density at radius 3 is 2.88 bits per heavy atom. The van der Waals surface area contributed by atoms with Gasteiger partial charge in [0.1, 0.15) is 0 Å². The topological polar surface area (TPSA) is 59.6 Å². The summed E-state index contributed by atoms with van der Waals surface area (Å²) >= 11 is 0. The molecule has 0 bridgehead atoms. The van der Waals surface area contributed by atoms with E-state index in [1.807, 2.05) is 6.92 Å². The van der Waals surface area contributed by atoms with Gasteiger partial charge in [0.2, 0.25) is 0 Å². The minimum absolute atomic E-state index is 0.231. The predicted octanol–water partition coefficient (Wildman–Crippen LogP) is 1.65. The maximum atomic E-state index is 13.4. The van der Waals surface area contributed by atoms with E-state index in [9.17, 15) is 4.39 Å². The van der Waals surface area contributed by atoms with E-state index in [2.05, 4.69) is 10.3 Å². The number of nitrogens with zero attached hydrogens (tertiary/aromatic N) is 1. The second kappa shape index (κ2) is 6.73. The quantitative estimate of drug-likeness (QED) is 0.606. The molecule has 0 unspecified atom stereocenters. The summed E-state index contributed by atoms with van der Waals surface area (Å²) in [6, 6.07) is 4.74. The Labute approximate surface area is 101 Å². The smallest absolute Gasteiger partial charge is 0.188 e. The molecule has 0 aliphatic heterocycles. The van der Waals surface area contributed by atoms with E-state index in [1.54, 1.807) is 12.1 Å². The number of hydrogen-bond acceptors (Lipinski definition) is 2. The Hall–Kier alpha value is -1.78. The maximum absolute atomic E-state index is 13.4. The van der Waals surface area contributed by atoms with Crippen LogP contribution in [-0.2, 0) is 6.54 Å². The highest BCUT2D eigenvalue weighted by molar-refractivity contribution is 5.77. The van der Waals surface area contributed by atoms with Gasteiger partial charge >= 0.3 is 0 Å². The van der Waals surface area contributed by atoms with E-state index >= 15 is 0 Å². The van der Waals surface area contributed by atoms with Crippen LogP contribution < -0.4 is 15.8 Å². The number of aliphatic imine (C=N–C) groups is 1. The zero-order valence-corrected chi connectivity index (χ0v) is 10.2. The molecular formula is C12H18FN3O. The van der Waals surface area contributed by atoms with Crippen molar-refractivity contribution in [2.24, 2.45) is 10.7 Å². The summed E-state index contributed by atoms with van der Waals surface area (Å²) in [5.41, 5.74) is 6.38. The summed E-state index contributed by atoms with van der Waals surface area (Å²) in [6.07, 6.45) is 0.980. The van der Waals surface area contributed by atoms with Gasteiger partial charge in [0.25, 0.3) is 0 Å². The molecule has 0 aliphatic carbocycles. The third-order valence-corrected chi connectivity index (χ3v) is 2.20. The molecule has 3 N–H and O–H groups in total. The molecule has 0 radical (unpaired) electrons. The van der Waals surface area contributed by atoms with Crippen LogP contribution in [0.2, 0.25) is 0 Å². The number of nitrogens with two attached hydrogens (primary N) is 1. The van der Waals surface area contributed by atoms with Crippen molar-refractivity contribution in [2.75, 3.05) is 13.7 Å². The normalized spacial score (nSPS) is 11.4. The van der Waals surface area contributed by atoms with Gasteiger partial charge in [0.15, 0.2) is 17.5 Å². The fourth-order valence-corrected chi connectivity index (χ4v) is 1.29. The van der Waals surface area contributed by atoms with Crippen LogP contribution in [0.15, 0.2) is 23.2 Å². The van der Waals surface area contributed by atoms with Gasteiger partial charge in [-0.1, -0.05) is 13.0 Å². The minimum atomic E-state index is -0.389. The lowest BCUT2D eigenvalue weighted by Gasteiger charge is -2.05. The van der Waals surface area contributed by atoms with Crippen molar-refractivity contribution in [3.8, 4) is 5.75 Å². The molecule has 0 amide bonds. The van der Waals surface area contributed by atoms with Gasteiger partial charge in [0, 0.05) is 6.54 Å². The zero-order chi connectivity index (χ0) is 12.7. The number of guanidine groups is 1. The zero-order valence-electron chi connectivity index (χ0n) is 10.2. The number of benzene rings is 1. The van der Waals surface area contributed by atoms with Crippen LogP contribution in [0.25, 0.3) is 0 Å². The molecule has 0 spiro atoms. The summed E-state index contributed by atoms with van der Waals surface area (Å²) in [5, 5.41) is 2.95. The van der Waals surface area contributed by atoms with Crippen LogP contribution >= 0.6 is 0 Å². The van der Waals surface area contributed by atoms with Crippen LogP contribution in [-0.4, -0.2) is 19.6 Å². The van der Waals surface area contributed by atoms with Crippen LogP contribution in [0.1, 0.15) is 18.9 Å². The largest absolute Gasteiger partial charge is 0.494 e. The summed E-state index contributed by atoms with van der Waals surface area (Å²) in [7, 11) is 1.43. The highest BCUT2D eigenvalue weighted by Crippen LogP contribution is 2.17. The van der Waals surface area contributed by atoms with Crippen molar-refractivity contribution in [1.82, 2.24) is 5.32 Å². The van der Waals surface area contributed by atoms with E-state index in [0.717, 1.165) is 18.5 Å². The lowest BCUT2D eigenvalue weighted by Crippen LogP contribution is -2.32. The Kier molecular flexibility index (Phi) is 5.26. The molecule has 5 heteroatoms. The lowest BCUT2D eigenvalue weighted by molar-refractivity contribution is 0.386. The van der Waals surface area contributed by atoms with Crippen LogP contribution in [0, 0.1) is 5.82 Å². The van der Waals surface area contributed by atoms with Gasteiger partial charge in [-0.3, -0.25) is 0 Å². The van der Waals surface area contributed by atoms with Crippen LogP contribution in [0.3, 0.4) is 0 Å². The molecule has 0 aromatic heterocycles. The molecule has 94 valence electrons. The average molecular weight is 239 g/mol. The predicted molar refractivity (Wildman–Crippen MR) is 66.6 cm³/mol. The molecule has 1 aromatic rings. The maximum Gasteiger partial charge on any atom is 0.188 e. The Bertz CT molecular complexity index is 393. The van der Waals surface area contributed by atoms with E-state index in [1.165, 1.54) is 13.2 Å². The first-order valence-electron chi connectivity index (χ1n) is 5.53. The highest BCUT2D eigenvalue weighted by atomic mass is 19.1. The molecule has 0 atom stereocenters. The van der Waals surface area contributed by atoms with Gasteiger partial charge < -0.3 is 15.8 Å². The molecule has 0 fully saturated rings. The number of nitrogens with one attached hydrogen (secondary N) is 1. The molecule has 4 nitrogen and oxygen atoms in total. The summed E-state index contributed by atoms with van der Waals surface area (Å²) in [6.45, 7) is 3.18. The highest BCUT2D eigenvalue weighted by Gasteiger charge is 2.02. The fraction of sp³-hybridized carbons (Fsp3) is 0.417. The van der Waals surface area contributed by atoms with Gasteiger partial charge in [-0.15, -0.1) is 0 Å². The second-order valence-corrected chi connectivity index (χ2v) is 3.60. The van der Waals surface area contributed by atoms with Crippen molar-refractivity contribution >= 4 is 5.96 Å². The number of methoxy groups -OCH3 is 1. The van der Waals surface area contributed by atoms with Gasteiger partial charge in [-0.25, -0.2) is 9.38 Å². The van der Waals surface area contributed by atoms with Gasteiger partial charge in [-0.2, -0.15) is 0 Å². The third kappa shape index (κ3) is 4.30.